The zero-order valence-corrected chi connectivity index (χ0v) is 15.7. The second-order valence-corrected chi connectivity index (χ2v) is 6.21. The lowest BCUT2D eigenvalue weighted by atomic mass is 10.1. The average molecular weight is 422 g/mol. The molecule has 144 valence electrons. The van der Waals surface area contributed by atoms with Crippen molar-refractivity contribution >= 4 is 52.5 Å². The Morgan fingerprint density at radius 3 is 2.29 bits per heavy atom. The Morgan fingerprint density at radius 1 is 1.00 bits per heavy atom. The van der Waals surface area contributed by atoms with E-state index in [1.807, 2.05) is 0 Å². The summed E-state index contributed by atoms with van der Waals surface area (Å²) in [6.07, 6.45) is 1.56. The van der Waals surface area contributed by atoms with E-state index in [9.17, 15) is 19.2 Å². The molecule has 0 aliphatic rings. The molecular weight excluding hydrogens is 409 g/mol. The first-order valence-corrected chi connectivity index (χ1v) is 8.49. The number of ketones is 1. The Bertz CT molecular complexity index is 953. The van der Waals surface area contributed by atoms with E-state index in [0.29, 0.717) is 16.8 Å². The lowest BCUT2D eigenvalue weighted by Crippen LogP contribution is -2.15. The zero-order chi connectivity index (χ0) is 20.7. The highest BCUT2D eigenvalue weighted by Crippen LogP contribution is 2.21. The number of ether oxygens (including phenoxy) is 1. The lowest BCUT2D eigenvalue weighted by molar-refractivity contribution is -0.131. The van der Waals surface area contributed by atoms with Crippen molar-refractivity contribution in [3.63, 3.8) is 0 Å². The molecule has 0 saturated carbocycles. The Hall–Kier alpha value is -3.16. The summed E-state index contributed by atoms with van der Waals surface area (Å²) < 4.78 is 4.97. The van der Waals surface area contributed by atoms with Crippen molar-refractivity contribution in [3.05, 3.63) is 75.8 Å². The molecule has 2 aromatic carbocycles. The Labute approximate surface area is 169 Å². The summed E-state index contributed by atoms with van der Waals surface area (Å²) in [6, 6.07) is 9.99. The number of Topliss-reactive ketones (excluding diaryl/α,β-unsaturated/α-hetero) is 1. The number of carbonyl (C=O) groups excluding carboxylic acids is 3. The number of carboxylic acid groups (broad SMARTS) is 1. The highest BCUT2D eigenvalue weighted by Gasteiger charge is 2.15. The summed E-state index contributed by atoms with van der Waals surface area (Å²) in [5.74, 6) is -3.10. The van der Waals surface area contributed by atoms with Crippen LogP contribution in [0.1, 0.15) is 20.7 Å². The van der Waals surface area contributed by atoms with E-state index >= 15 is 0 Å². The Morgan fingerprint density at radius 2 is 1.68 bits per heavy atom. The number of hydrogen-bond acceptors (Lipinski definition) is 5. The van der Waals surface area contributed by atoms with Gasteiger partial charge in [-0.25, -0.2) is 9.59 Å². The summed E-state index contributed by atoms with van der Waals surface area (Å²) in [6.45, 7) is -0.501. The second kappa shape index (κ2) is 9.68. The smallest absolute Gasteiger partial charge is 0.338 e. The van der Waals surface area contributed by atoms with Gasteiger partial charge in [0.25, 0.3) is 0 Å². The van der Waals surface area contributed by atoms with Gasteiger partial charge in [0.15, 0.2) is 6.61 Å². The fourth-order valence-corrected chi connectivity index (χ4v) is 2.54. The second-order valence-electron chi connectivity index (χ2n) is 5.36. The molecule has 0 radical (unpaired) electrons. The highest BCUT2D eigenvalue weighted by atomic mass is 35.5. The van der Waals surface area contributed by atoms with Crippen molar-refractivity contribution in [1.82, 2.24) is 0 Å². The Kier molecular flexibility index (Phi) is 7.31. The summed E-state index contributed by atoms with van der Waals surface area (Å²) in [5.41, 5.74) is 0.695. The number of nitrogens with one attached hydrogen (secondary N) is 1. The van der Waals surface area contributed by atoms with Crippen molar-refractivity contribution in [2.24, 2.45) is 0 Å². The molecule has 0 aromatic heterocycles. The normalized spacial score (nSPS) is 10.5. The first-order chi connectivity index (χ1) is 13.3. The van der Waals surface area contributed by atoms with Crippen molar-refractivity contribution < 1.29 is 29.0 Å². The van der Waals surface area contributed by atoms with Crippen molar-refractivity contribution in [1.29, 1.82) is 0 Å². The largest absolute Gasteiger partial charge is 0.478 e. The number of benzene rings is 2. The molecule has 2 rings (SSSR count). The SMILES string of the molecule is O=C(O)/C=C/C(=O)Nc1ccc(C(=O)OCC(=O)c2ccc(Cl)cc2Cl)cc1. The van der Waals surface area contributed by atoms with Crippen LogP contribution in [-0.4, -0.2) is 35.3 Å². The molecule has 0 spiro atoms. The van der Waals surface area contributed by atoms with Gasteiger partial charge in [0, 0.05) is 28.4 Å². The molecule has 2 aromatic rings. The summed E-state index contributed by atoms with van der Waals surface area (Å²) in [4.78, 5) is 46.0. The van der Waals surface area contributed by atoms with Gasteiger partial charge in [0.1, 0.15) is 0 Å². The van der Waals surface area contributed by atoms with Crippen LogP contribution in [0.25, 0.3) is 0 Å². The van der Waals surface area contributed by atoms with E-state index in [-0.39, 0.29) is 16.1 Å². The molecule has 0 atom stereocenters. The molecule has 0 heterocycles. The summed E-state index contributed by atoms with van der Waals surface area (Å²) in [7, 11) is 0. The number of esters is 1. The number of rotatable bonds is 7. The van der Waals surface area contributed by atoms with Crippen LogP contribution in [0.2, 0.25) is 10.0 Å². The van der Waals surface area contributed by atoms with Gasteiger partial charge in [-0.2, -0.15) is 0 Å². The number of amides is 1. The van der Waals surface area contributed by atoms with Gasteiger partial charge in [-0.1, -0.05) is 23.2 Å². The molecule has 2 N–H and O–H groups in total. The van der Waals surface area contributed by atoms with E-state index in [1.54, 1.807) is 0 Å². The number of carboxylic acids is 1. The van der Waals surface area contributed by atoms with E-state index in [0.717, 1.165) is 6.08 Å². The third kappa shape index (κ3) is 6.22. The predicted octanol–water partition coefficient (Wildman–Crippen LogP) is 3.61. The topological polar surface area (TPSA) is 110 Å². The predicted molar refractivity (Wildman–Crippen MR) is 103 cm³/mol. The number of carbonyl (C=O) groups is 4. The maximum atomic E-state index is 12.1. The molecule has 7 nitrogen and oxygen atoms in total. The van der Waals surface area contributed by atoms with Crippen LogP contribution in [-0.2, 0) is 14.3 Å². The summed E-state index contributed by atoms with van der Waals surface area (Å²) in [5, 5.41) is 11.4. The van der Waals surface area contributed by atoms with Gasteiger partial charge >= 0.3 is 11.9 Å². The molecule has 9 heteroatoms. The van der Waals surface area contributed by atoms with Crippen LogP contribution < -0.4 is 5.32 Å². The van der Waals surface area contributed by atoms with Crippen LogP contribution in [0.5, 0.6) is 0 Å². The van der Waals surface area contributed by atoms with E-state index in [1.165, 1.54) is 42.5 Å². The number of hydrogen-bond donors (Lipinski definition) is 2. The first-order valence-electron chi connectivity index (χ1n) is 7.73. The van der Waals surface area contributed by atoms with Gasteiger partial charge in [0.2, 0.25) is 11.7 Å². The number of halogens is 2. The minimum absolute atomic E-state index is 0.158. The quantitative estimate of drug-likeness (QED) is 0.401. The maximum absolute atomic E-state index is 12.1. The molecule has 0 aliphatic heterocycles. The lowest BCUT2D eigenvalue weighted by Gasteiger charge is -2.07. The van der Waals surface area contributed by atoms with Gasteiger partial charge in [-0.3, -0.25) is 9.59 Å². The van der Waals surface area contributed by atoms with Crippen molar-refractivity contribution in [2.45, 2.75) is 0 Å². The third-order valence-electron chi connectivity index (χ3n) is 3.33. The van der Waals surface area contributed by atoms with E-state index < -0.39 is 30.2 Å². The van der Waals surface area contributed by atoms with Gasteiger partial charge < -0.3 is 15.2 Å². The van der Waals surface area contributed by atoms with Gasteiger partial charge in [0.05, 0.1) is 10.6 Å². The molecule has 0 saturated heterocycles. The average Bonchev–Trinajstić information content (AvgIpc) is 2.64. The van der Waals surface area contributed by atoms with Crippen LogP contribution in [0, 0.1) is 0 Å². The minimum Gasteiger partial charge on any atom is -0.478 e. The number of anilines is 1. The van der Waals surface area contributed by atoms with Crippen molar-refractivity contribution in [3.8, 4) is 0 Å². The minimum atomic E-state index is -1.25. The molecule has 0 fully saturated rings. The standard InChI is InChI=1S/C19H13Cl2NO6/c20-12-3-6-14(15(21)9-12)16(23)10-28-19(27)11-1-4-13(5-2-11)22-17(24)7-8-18(25)26/h1-9H,10H2,(H,22,24)(H,25,26)/b8-7+. The third-order valence-corrected chi connectivity index (χ3v) is 3.88. The fraction of sp³-hybridized carbons (Fsp3) is 0.0526. The highest BCUT2D eigenvalue weighted by molar-refractivity contribution is 6.36. The molecule has 0 bridgehead atoms. The Balaban J connectivity index is 1.93. The molecular formula is C19H13Cl2NO6. The van der Waals surface area contributed by atoms with Crippen LogP contribution >= 0.6 is 23.2 Å². The first kappa shape index (κ1) is 21.1. The molecule has 28 heavy (non-hydrogen) atoms. The maximum Gasteiger partial charge on any atom is 0.338 e. The van der Waals surface area contributed by atoms with Crippen LogP contribution in [0.4, 0.5) is 5.69 Å². The summed E-state index contributed by atoms with van der Waals surface area (Å²) >= 11 is 11.7. The molecule has 0 aliphatic carbocycles. The van der Waals surface area contributed by atoms with Crippen LogP contribution in [0.3, 0.4) is 0 Å². The molecule has 1 amide bonds. The fourth-order valence-electron chi connectivity index (χ4n) is 2.03. The van der Waals surface area contributed by atoms with E-state index in [4.69, 9.17) is 33.0 Å². The van der Waals surface area contributed by atoms with Crippen molar-refractivity contribution in [2.75, 3.05) is 11.9 Å². The monoisotopic (exact) mass is 421 g/mol. The van der Waals surface area contributed by atoms with Gasteiger partial charge in [-0.15, -0.1) is 0 Å². The molecule has 0 unspecified atom stereocenters. The zero-order valence-electron chi connectivity index (χ0n) is 14.1. The van der Waals surface area contributed by atoms with E-state index in [2.05, 4.69) is 5.32 Å². The van der Waals surface area contributed by atoms with Gasteiger partial charge in [-0.05, 0) is 42.5 Å². The van der Waals surface area contributed by atoms with Crippen LogP contribution in [0.15, 0.2) is 54.6 Å². The number of aliphatic carboxylic acids is 1.